The molecule has 0 heterocycles. The molecule has 0 atom stereocenters. The van der Waals surface area contributed by atoms with Gasteiger partial charge in [-0.05, 0) is 43.7 Å². The fourth-order valence-corrected chi connectivity index (χ4v) is 2.30. The Balaban J connectivity index is 2.12. The number of aryl methyl sites for hydroxylation is 1. The summed E-state index contributed by atoms with van der Waals surface area (Å²) in [5.41, 5.74) is 9.52. The van der Waals surface area contributed by atoms with E-state index in [-0.39, 0.29) is 0 Å². The lowest BCUT2D eigenvalue weighted by atomic mass is 10.0. The summed E-state index contributed by atoms with van der Waals surface area (Å²) in [5.74, 6) is 0. The van der Waals surface area contributed by atoms with E-state index >= 15 is 0 Å². The molecule has 1 aromatic carbocycles. The van der Waals surface area contributed by atoms with E-state index in [0.29, 0.717) is 10.4 Å². The Morgan fingerprint density at radius 2 is 2.18 bits per heavy atom. The smallest absolute Gasteiger partial charge is 0.106 e. The van der Waals surface area contributed by atoms with Gasteiger partial charge in [-0.15, -0.1) is 0 Å². The monoisotopic (exact) mass is 248 g/mol. The molecule has 0 amide bonds. The molecule has 0 aromatic heterocycles. The van der Waals surface area contributed by atoms with Crippen LogP contribution in [0.25, 0.3) is 0 Å². The third kappa shape index (κ3) is 2.78. The molecule has 1 fully saturated rings. The van der Waals surface area contributed by atoms with Gasteiger partial charge >= 0.3 is 0 Å². The van der Waals surface area contributed by atoms with Crippen LogP contribution in [0.1, 0.15) is 37.3 Å². The molecule has 2 nitrogen and oxygen atoms in total. The Bertz CT molecular complexity index is 436. The second kappa shape index (κ2) is 4.65. The third-order valence-corrected chi connectivity index (χ3v) is 4.02. The molecule has 0 spiro atoms. The first-order valence-electron chi connectivity index (χ1n) is 6.21. The summed E-state index contributed by atoms with van der Waals surface area (Å²) in [6.45, 7) is 5.35. The second-order valence-corrected chi connectivity index (χ2v) is 5.56. The van der Waals surface area contributed by atoms with Crippen molar-refractivity contribution in [1.29, 1.82) is 0 Å². The number of hydrogen-bond donors (Lipinski definition) is 2. The molecular formula is C14H20N2S. The van der Waals surface area contributed by atoms with Crippen molar-refractivity contribution < 1.29 is 0 Å². The topological polar surface area (TPSA) is 38.0 Å². The molecule has 0 saturated heterocycles. The van der Waals surface area contributed by atoms with Gasteiger partial charge < -0.3 is 11.1 Å². The van der Waals surface area contributed by atoms with Crippen molar-refractivity contribution >= 4 is 22.9 Å². The lowest BCUT2D eigenvalue weighted by Gasteiger charge is -2.17. The molecule has 1 saturated carbocycles. The molecule has 0 radical (unpaired) electrons. The average Bonchev–Trinajstić information content (AvgIpc) is 3.08. The highest BCUT2D eigenvalue weighted by molar-refractivity contribution is 7.80. The first kappa shape index (κ1) is 12.4. The number of benzene rings is 1. The van der Waals surface area contributed by atoms with Gasteiger partial charge in [0, 0.05) is 17.8 Å². The standard InChI is InChI=1S/C14H20N2S/c1-3-14(6-7-14)9-16-12-5-4-10(2)8-11(12)13(15)17/h4-5,8,16H,3,6-7,9H2,1-2H3,(H2,15,17). The zero-order chi connectivity index (χ0) is 12.5. The first-order valence-corrected chi connectivity index (χ1v) is 6.61. The predicted molar refractivity (Wildman–Crippen MR) is 77.5 cm³/mol. The van der Waals surface area contributed by atoms with Crippen molar-refractivity contribution in [3.8, 4) is 0 Å². The minimum atomic E-state index is 0.470. The van der Waals surface area contributed by atoms with Crippen molar-refractivity contribution in [2.75, 3.05) is 11.9 Å². The molecule has 1 aromatic rings. The van der Waals surface area contributed by atoms with E-state index < -0.39 is 0 Å². The SMILES string of the molecule is CCC1(CNc2ccc(C)cc2C(N)=S)CC1. The summed E-state index contributed by atoms with van der Waals surface area (Å²) in [4.78, 5) is 0.470. The fraction of sp³-hybridized carbons (Fsp3) is 0.500. The van der Waals surface area contributed by atoms with Gasteiger partial charge in [-0.3, -0.25) is 0 Å². The quantitative estimate of drug-likeness (QED) is 0.786. The maximum absolute atomic E-state index is 5.76. The number of rotatable bonds is 5. The van der Waals surface area contributed by atoms with Gasteiger partial charge in [-0.25, -0.2) is 0 Å². The van der Waals surface area contributed by atoms with Gasteiger partial charge in [0.1, 0.15) is 4.99 Å². The highest BCUT2D eigenvalue weighted by atomic mass is 32.1. The zero-order valence-electron chi connectivity index (χ0n) is 10.5. The lowest BCUT2D eigenvalue weighted by Crippen LogP contribution is -2.18. The Kier molecular flexibility index (Phi) is 3.38. The van der Waals surface area contributed by atoms with E-state index in [4.69, 9.17) is 18.0 Å². The van der Waals surface area contributed by atoms with Gasteiger partial charge in [-0.2, -0.15) is 0 Å². The van der Waals surface area contributed by atoms with Gasteiger partial charge in [-0.1, -0.05) is 30.8 Å². The maximum atomic E-state index is 5.76. The van der Waals surface area contributed by atoms with E-state index in [1.807, 2.05) is 0 Å². The average molecular weight is 248 g/mol. The minimum Gasteiger partial charge on any atom is -0.389 e. The van der Waals surface area contributed by atoms with Crippen LogP contribution in [0, 0.1) is 12.3 Å². The highest BCUT2D eigenvalue weighted by Gasteiger charge is 2.40. The molecular weight excluding hydrogens is 228 g/mol. The van der Waals surface area contributed by atoms with Crippen molar-refractivity contribution in [3.63, 3.8) is 0 Å². The summed E-state index contributed by atoms with van der Waals surface area (Å²) < 4.78 is 0. The van der Waals surface area contributed by atoms with E-state index in [0.717, 1.165) is 17.8 Å². The van der Waals surface area contributed by atoms with E-state index in [1.165, 1.54) is 24.8 Å². The maximum Gasteiger partial charge on any atom is 0.106 e. The van der Waals surface area contributed by atoms with Crippen molar-refractivity contribution in [2.24, 2.45) is 11.1 Å². The number of hydrogen-bond acceptors (Lipinski definition) is 2. The second-order valence-electron chi connectivity index (χ2n) is 5.12. The molecule has 2 rings (SSSR count). The van der Waals surface area contributed by atoms with E-state index in [1.54, 1.807) is 0 Å². The summed E-state index contributed by atoms with van der Waals surface area (Å²) >= 11 is 5.10. The molecule has 0 unspecified atom stereocenters. The van der Waals surface area contributed by atoms with Crippen molar-refractivity contribution in [2.45, 2.75) is 33.1 Å². The van der Waals surface area contributed by atoms with Crippen LogP contribution in [-0.4, -0.2) is 11.5 Å². The summed E-state index contributed by atoms with van der Waals surface area (Å²) in [6, 6.07) is 6.22. The molecule has 1 aliphatic rings. The number of anilines is 1. The molecule has 17 heavy (non-hydrogen) atoms. The van der Waals surface area contributed by atoms with Gasteiger partial charge in [0.05, 0.1) is 0 Å². The van der Waals surface area contributed by atoms with Crippen LogP contribution in [0.4, 0.5) is 5.69 Å². The Morgan fingerprint density at radius 3 is 2.71 bits per heavy atom. The summed E-state index contributed by atoms with van der Waals surface area (Å²) in [5, 5.41) is 3.51. The van der Waals surface area contributed by atoms with Gasteiger partial charge in [0.2, 0.25) is 0 Å². The lowest BCUT2D eigenvalue weighted by molar-refractivity contribution is 0.521. The predicted octanol–water partition coefficient (Wildman–Crippen LogP) is 3.23. The van der Waals surface area contributed by atoms with Crippen LogP contribution in [0.3, 0.4) is 0 Å². The summed E-state index contributed by atoms with van der Waals surface area (Å²) in [6.07, 6.45) is 3.92. The summed E-state index contributed by atoms with van der Waals surface area (Å²) in [7, 11) is 0. The Morgan fingerprint density at radius 1 is 1.47 bits per heavy atom. The molecule has 3 N–H and O–H groups in total. The normalized spacial score (nSPS) is 16.6. The van der Waals surface area contributed by atoms with Crippen LogP contribution in [0.5, 0.6) is 0 Å². The highest BCUT2D eigenvalue weighted by Crippen LogP contribution is 2.48. The van der Waals surface area contributed by atoms with E-state index in [9.17, 15) is 0 Å². The van der Waals surface area contributed by atoms with Crippen molar-refractivity contribution in [1.82, 2.24) is 0 Å². The molecule has 1 aliphatic carbocycles. The van der Waals surface area contributed by atoms with Crippen LogP contribution < -0.4 is 11.1 Å². The molecule has 92 valence electrons. The van der Waals surface area contributed by atoms with E-state index in [2.05, 4.69) is 37.4 Å². The van der Waals surface area contributed by atoms with Crippen molar-refractivity contribution in [3.05, 3.63) is 29.3 Å². The van der Waals surface area contributed by atoms with Crippen LogP contribution >= 0.6 is 12.2 Å². The number of nitrogens with one attached hydrogen (secondary N) is 1. The van der Waals surface area contributed by atoms with Gasteiger partial charge in [0.25, 0.3) is 0 Å². The molecule has 3 heteroatoms. The third-order valence-electron chi connectivity index (χ3n) is 3.80. The molecule has 0 bridgehead atoms. The fourth-order valence-electron chi connectivity index (χ4n) is 2.13. The van der Waals surface area contributed by atoms with Crippen LogP contribution in [0.2, 0.25) is 0 Å². The Hall–Kier alpha value is -1.09. The Labute approximate surface area is 109 Å². The molecule has 0 aliphatic heterocycles. The number of nitrogens with two attached hydrogens (primary N) is 1. The van der Waals surface area contributed by atoms with Crippen LogP contribution in [-0.2, 0) is 0 Å². The first-order chi connectivity index (χ1) is 8.06. The minimum absolute atomic E-state index is 0.470. The van der Waals surface area contributed by atoms with Gasteiger partial charge in [0.15, 0.2) is 0 Å². The number of thiocarbonyl (C=S) groups is 1. The largest absolute Gasteiger partial charge is 0.389 e. The zero-order valence-corrected chi connectivity index (χ0v) is 11.4. The van der Waals surface area contributed by atoms with Crippen LogP contribution in [0.15, 0.2) is 18.2 Å².